The lowest BCUT2D eigenvalue weighted by atomic mass is 9.92. The fourth-order valence-corrected chi connectivity index (χ4v) is 4.46. The summed E-state index contributed by atoms with van der Waals surface area (Å²) in [7, 11) is -1.81. The third-order valence-electron chi connectivity index (χ3n) is 5.16. The zero-order valence-corrected chi connectivity index (χ0v) is 19.1. The highest BCUT2D eigenvalue weighted by molar-refractivity contribution is 7.91. The molecule has 11 heteroatoms. The molecule has 0 saturated heterocycles. The number of nitrogens with two attached hydrogens (primary N) is 1. The number of halogens is 1. The van der Waals surface area contributed by atoms with Crippen molar-refractivity contribution in [3.05, 3.63) is 35.3 Å². The summed E-state index contributed by atoms with van der Waals surface area (Å²) in [4.78, 5) is 12.8. The zero-order chi connectivity index (χ0) is 22.9. The van der Waals surface area contributed by atoms with E-state index >= 15 is 0 Å². The van der Waals surface area contributed by atoms with Gasteiger partial charge in [0.1, 0.15) is 17.3 Å². The number of rotatable bonds is 5. The predicted molar refractivity (Wildman–Crippen MR) is 117 cm³/mol. The lowest BCUT2D eigenvalue weighted by Crippen LogP contribution is -2.40. The number of aromatic nitrogens is 2. The number of urea groups is 1. The Morgan fingerprint density at radius 2 is 1.94 bits per heavy atom. The van der Waals surface area contributed by atoms with Gasteiger partial charge in [0.25, 0.3) is 0 Å². The van der Waals surface area contributed by atoms with E-state index in [4.69, 9.17) is 9.88 Å². The number of nitrogens with one attached hydrogen (secondary N) is 2. The number of anilines is 1. The van der Waals surface area contributed by atoms with E-state index in [-0.39, 0.29) is 34.5 Å². The maximum absolute atomic E-state index is 14.1. The molecule has 1 aromatic carbocycles. The van der Waals surface area contributed by atoms with Gasteiger partial charge in [0.2, 0.25) is 5.88 Å². The number of carbonyl (C=O) groups is 1. The number of likely N-dealkylation sites (N-methyl/N-ethyl adjacent to an activating group) is 1. The van der Waals surface area contributed by atoms with Gasteiger partial charge in [-0.3, -0.25) is 0 Å². The molecule has 0 saturated carbocycles. The molecule has 0 radical (unpaired) electrons. The number of nitrogens with zero attached hydrogens (tertiary/aromatic N) is 3. The van der Waals surface area contributed by atoms with E-state index in [1.165, 1.54) is 23.0 Å². The Hall–Kier alpha value is -2.50. The molecular weight excluding hydrogens is 423 g/mol. The number of fused-ring (bicyclic) bond motifs is 1. The average molecular weight is 453 g/mol. The van der Waals surface area contributed by atoms with Gasteiger partial charge in [-0.2, -0.15) is 5.10 Å². The fourth-order valence-electron chi connectivity index (χ4n) is 3.46. The Morgan fingerprint density at radius 3 is 2.48 bits per heavy atom. The molecule has 0 bridgehead atoms. The molecule has 0 spiro atoms. The van der Waals surface area contributed by atoms with Gasteiger partial charge in [-0.05, 0) is 42.1 Å². The quantitative estimate of drug-likeness (QED) is 0.643. The van der Waals surface area contributed by atoms with Gasteiger partial charge in [-0.15, -0.1) is 4.36 Å². The minimum absolute atomic E-state index is 0.0525. The van der Waals surface area contributed by atoms with Gasteiger partial charge in [-0.25, -0.2) is 23.2 Å². The van der Waals surface area contributed by atoms with Crippen LogP contribution in [0, 0.1) is 5.82 Å². The minimum atomic E-state index is -3.62. The number of hydrogen-bond donors (Lipinski definition) is 3. The van der Waals surface area contributed by atoms with Crippen molar-refractivity contribution >= 4 is 21.6 Å². The van der Waals surface area contributed by atoms with Crippen LogP contribution < -0.4 is 20.5 Å². The summed E-state index contributed by atoms with van der Waals surface area (Å²) >= 11 is 0. The second kappa shape index (κ2) is 8.93. The van der Waals surface area contributed by atoms with Crippen LogP contribution in [0.2, 0.25) is 0 Å². The molecule has 31 heavy (non-hydrogen) atoms. The van der Waals surface area contributed by atoms with Gasteiger partial charge >= 0.3 is 6.03 Å². The average Bonchev–Trinajstić information content (AvgIpc) is 3.12. The number of ether oxygens (including phenoxy) is 1. The smallest absolute Gasteiger partial charge is 0.354 e. The van der Waals surface area contributed by atoms with Crippen molar-refractivity contribution in [3.8, 4) is 5.88 Å². The van der Waals surface area contributed by atoms with Crippen molar-refractivity contribution in [1.29, 1.82) is 0 Å². The highest BCUT2D eigenvalue weighted by Gasteiger charge is 2.27. The second-order valence-electron chi connectivity index (χ2n) is 8.15. The van der Waals surface area contributed by atoms with Crippen LogP contribution in [-0.2, 0) is 16.5 Å². The van der Waals surface area contributed by atoms with Crippen molar-refractivity contribution in [2.24, 2.45) is 9.50 Å². The normalized spacial score (nSPS) is 17.8. The molecule has 0 aliphatic carbocycles. The van der Waals surface area contributed by atoms with Crippen LogP contribution in [0.5, 0.6) is 5.88 Å². The van der Waals surface area contributed by atoms with Crippen molar-refractivity contribution in [2.75, 3.05) is 19.0 Å². The SMILES string of the molecule is CNC1COc2c(S(N)(=O)=NC(=O)Nc3c(C(C)C)cc(F)cc3C(C)C)cnn2C1. The molecular formula is C20H29FN6O3S. The van der Waals surface area contributed by atoms with Gasteiger partial charge in [0.05, 0.1) is 18.8 Å². The lowest BCUT2D eigenvalue weighted by molar-refractivity contribution is 0.184. The monoisotopic (exact) mass is 452 g/mol. The van der Waals surface area contributed by atoms with E-state index in [1.807, 2.05) is 34.7 Å². The van der Waals surface area contributed by atoms with Crippen LogP contribution in [0.15, 0.2) is 27.6 Å². The first-order valence-electron chi connectivity index (χ1n) is 10.1. The molecule has 2 amide bonds. The molecule has 4 N–H and O–H groups in total. The van der Waals surface area contributed by atoms with Crippen LogP contribution in [0.1, 0.15) is 50.7 Å². The first-order chi connectivity index (χ1) is 14.5. The number of benzene rings is 1. The van der Waals surface area contributed by atoms with E-state index in [1.54, 1.807) is 0 Å². The summed E-state index contributed by atoms with van der Waals surface area (Å²) in [6.07, 6.45) is 1.31. The van der Waals surface area contributed by atoms with E-state index in [0.29, 0.717) is 30.0 Å². The second-order valence-corrected chi connectivity index (χ2v) is 9.91. The summed E-state index contributed by atoms with van der Waals surface area (Å²) in [5, 5.41) is 15.9. The first kappa shape index (κ1) is 23.2. The Labute approximate surface area is 181 Å². The van der Waals surface area contributed by atoms with Crippen LogP contribution in [0.3, 0.4) is 0 Å². The van der Waals surface area contributed by atoms with Crippen LogP contribution >= 0.6 is 0 Å². The predicted octanol–water partition coefficient (Wildman–Crippen LogP) is 3.18. The van der Waals surface area contributed by atoms with Crippen molar-refractivity contribution in [3.63, 3.8) is 0 Å². The standard InChI is InChI=1S/C20H29FN6O3S/c1-11(2)15-6-13(21)7-16(12(3)4)18(15)25-20(28)26-31(22,29)17-8-24-27-9-14(23-5)10-30-19(17)27/h6-8,11-12,14,23H,9-10H2,1-5H3,(H3,22,25,26,28,29). The van der Waals surface area contributed by atoms with Gasteiger partial charge in [-0.1, -0.05) is 27.7 Å². The van der Waals surface area contributed by atoms with E-state index in [0.717, 1.165) is 0 Å². The summed E-state index contributed by atoms with van der Waals surface area (Å²) in [6, 6.07) is 1.93. The Morgan fingerprint density at radius 1 is 1.32 bits per heavy atom. The lowest BCUT2D eigenvalue weighted by Gasteiger charge is -2.24. The van der Waals surface area contributed by atoms with E-state index in [2.05, 4.69) is 20.1 Å². The topological polar surface area (TPSA) is 124 Å². The number of carbonyl (C=O) groups excluding carboxylic acids is 1. The number of amides is 2. The highest BCUT2D eigenvalue weighted by atomic mass is 32.2. The van der Waals surface area contributed by atoms with Crippen LogP contribution in [0.25, 0.3) is 0 Å². The molecule has 2 aromatic rings. The Kier molecular flexibility index (Phi) is 6.68. The molecule has 0 fully saturated rings. The largest absolute Gasteiger partial charge is 0.475 e. The zero-order valence-electron chi connectivity index (χ0n) is 18.3. The van der Waals surface area contributed by atoms with Crippen LogP contribution in [-0.4, -0.2) is 39.7 Å². The highest BCUT2D eigenvalue weighted by Crippen LogP contribution is 2.34. The minimum Gasteiger partial charge on any atom is -0.475 e. The number of hydrogen-bond acceptors (Lipinski definition) is 5. The maximum Gasteiger partial charge on any atom is 0.354 e. The van der Waals surface area contributed by atoms with Gasteiger partial charge < -0.3 is 15.4 Å². The molecule has 3 rings (SSSR count). The van der Waals surface area contributed by atoms with E-state index < -0.39 is 15.9 Å². The molecule has 1 aromatic heterocycles. The summed E-state index contributed by atoms with van der Waals surface area (Å²) in [5.74, 6) is -0.250. The van der Waals surface area contributed by atoms with Crippen molar-refractivity contribution in [1.82, 2.24) is 15.1 Å². The van der Waals surface area contributed by atoms with Gasteiger partial charge in [0.15, 0.2) is 9.92 Å². The Balaban J connectivity index is 1.95. The molecule has 1 aliphatic rings. The summed E-state index contributed by atoms with van der Waals surface area (Å²) in [6.45, 7) is 8.44. The molecule has 9 nitrogen and oxygen atoms in total. The van der Waals surface area contributed by atoms with Gasteiger partial charge in [0, 0.05) is 5.69 Å². The summed E-state index contributed by atoms with van der Waals surface area (Å²) in [5.41, 5.74) is 1.71. The summed E-state index contributed by atoms with van der Waals surface area (Å²) < 4.78 is 38.1. The Bertz CT molecular complexity index is 1080. The molecule has 2 atom stereocenters. The third kappa shape index (κ3) is 4.89. The van der Waals surface area contributed by atoms with Crippen molar-refractivity contribution < 1.29 is 18.1 Å². The maximum atomic E-state index is 14.1. The molecule has 2 heterocycles. The van der Waals surface area contributed by atoms with E-state index in [9.17, 15) is 13.4 Å². The fraction of sp³-hybridized carbons (Fsp3) is 0.500. The molecule has 2 unspecified atom stereocenters. The molecule has 1 aliphatic heterocycles. The third-order valence-corrected chi connectivity index (χ3v) is 6.50. The van der Waals surface area contributed by atoms with Crippen LogP contribution in [0.4, 0.5) is 14.9 Å². The molecule has 170 valence electrons. The first-order valence-corrected chi connectivity index (χ1v) is 11.7. The van der Waals surface area contributed by atoms with Crippen molar-refractivity contribution in [2.45, 2.75) is 57.0 Å².